The van der Waals surface area contributed by atoms with Crippen LogP contribution in [0.15, 0.2) is 0 Å². The molecule has 1 amide bonds. The Kier molecular flexibility index (Phi) is 3.34. The third kappa shape index (κ3) is 2.70. The molecule has 0 heterocycles. The van der Waals surface area contributed by atoms with E-state index in [9.17, 15) is 4.79 Å². The molecule has 0 radical (unpaired) electrons. The van der Waals surface area contributed by atoms with Gasteiger partial charge >= 0.3 is 6.09 Å². The van der Waals surface area contributed by atoms with Gasteiger partial charge in [0.25, 0.3) is 0 Å². The van der Waals surface area contributed by atoms with Gasteiger partial charge in [-0.25, -0.2) is 15.6 Å². The van der Waals surface area contributed by atoms with Gasteiger partial charge in [0.05, 0.1) is 0 Å². The van der Waals surface area contributed by atoms with Crippen molar-refractivity contribution in [3.05, 3.63) is 0 Å². The topological polar surface area (TPSA) is 66.6 Å². The Morgan fingerprint density at radius 3 is 2.58 bits per heavy atom. The summed E-state index contributed by atoms with van der Waals surface area (Å²) in [6.45, 7) is 0.472. The van der Waals surface area contributed by atoms with Gasteiger partial charge in [0.1, 0.15) is 0 Å². The molecule has 12 heavy (non-hydrogen) atoms. The molecule has 0 aromatic rings. The number of amides is 1. The van der Waals surface area contributed by atoms with Crippen molar-refractivity contribution in [1.29, 1.82) is 0 Å². The number of hydrogen-bond acceptors (Lipinski definition) is 2. The highest BCUT2D eigenvalue weighted by Crippen LogP contribution is 2.27. The summed E-state index contributed by atoms with van der Waals surface area (Å²) < 4.78 is 0. The first-order valence-corrected chi connectivity index (χ1v) is 4.45. The highest BCUT2D eigenvalue weighted by molar-refractivity contribution is 5.63. The number of carbonyl (C=O) groups is 1. The number of hydrazine groups is 1. The third-order valence-corrected chi connectivity index (χ3v) is 2.50. The minimum Gasteiger partial charge on any atom is -0.464 e. The van der Waals surface area contributed by atoms with E-state index >= 15 is 0 Å². The molecule has 3 N–H and O–H groups in total. The monoisotopic (exact) mass is 172 g/mol. The molecule has 1 fully saturated rings. The average Bonchev–Trinajstić information content (AvgIpc) is 2.51. The van der Waals surface area contributed by atoms with Crippen LogP contribution in [-0.4, -0.2) is 22.8 Å². The second kappa shape index (κ2) is 4.30. The lowest BCUT2D eigenvalue weighted by Crippen LogP contribution is -2.37. The summed E-state index contributed by atoms with van der Waals surface area (Å²) in [6, 6.07) is 0. The van der Waals surface area contributed by atoms with Crippen LogP contribution in [0.1, 0.15) is 32.1 Å². The molecule has 0 aliphatic heterocycles. The van der Waals surface area contributed by atoms with Crippen molar-refractivity contribution in [3.63, 3.8) is 0 Å². The molecule has 0 spiro atoms. The van der Waals surface area contributed by atoms with Crippen LogP contribution in [0.5, 0.6) is 0 Å². The number of rotatable bonds is 3. The summed E-state index contributed by atoms with van der Waals surface area (Å²) in [5.74, 6) is 5.93. The number of carboxylic acid groups (broad SMARTS) is 1. The Morgan fingerprint density at radius 1 is 1.50 bits per heavy atom. The molecule has 1 aliphatic rings. The summed E-state index contributed by atoms with van der Waals surface area (Å²) >= 11 is 0. The van der Waals surface area contributed by atoms with Gasteiger partial charge in [-0.1, -0.05) is 25.7 Å². The van der Waals surface area contributed by atoms with Crippen molar-refractivity contribution in [2.45, 2.75) is 32.1 Å². The van der Waals surface area contributed by atoms with Crippen LogP contribution in [0.3, 0.4) is 0 Å². The van der Waals surface area contributed by atoms with Crippen LogP contribution < -0.4 is 5.84 Å². The Labute approximate surface area is 72.3 Å². The first-order chi connectivity index (χ1) is 5.70. The fourth-order valence-corrected chi connectivity index (χ4v) is 1.72. The molecule has 0 aromatic carbocycles. The van der Waals surface area contributed by atoms with Gasteiger partial charge in [-0.2, -0.15) is 0 Å². The summed E-state index contributed by atoms with van der Waals surface area (Å²) in [4.78, 5) is 10.3. The van der Waals surface area contributed by atoms with E-state index in [4.69, 9.17) is 10.9 Å². The Hall–Kier alpha value is -0.770. The van der Waals surface area contributed by atoms with E-state index in [1.54, 1.807) is 0 Å². The lowest BCUT2D eigenvalue weighted by Gasteiger charge is -2.14. The van der Waals surface area contributed by atoms with Gasteiger partial charge in [-0.05, 0) is 12.3 Å². The van der Waals surface area contributed by atoms with Crippen molar-refractivity contribution in [1.82, 2.24) is 5.01 Å². The molecule has 70 valence electrons. The van der Waals surface area contributed by atoms with E-state index < -0.39 is 6.09 Å². The summed E-state index contributed by atoms with van der Waals surface area (Å²) in [6.07, 6.45) is 4.96. The molecule has 0 atom stereocenters. The van der Waals surface area contributed by atoms with Crippen molar-refractivity contribution in [2.75, 3.05) is 6.54 Å². The molecule has 1 saturated carbocycles. The highest BCUT2D eigenvalue weighted by atomic mass is 16.4. The molecule has 0 bridgehead atoms. The van der Waals surface area contributed by atoms with Gasteiger partial charge in [0.15, 0.2) is 0 Å². The lowest BCUT2D eigenvalue weighted by molar-refractivity contribution is 0.142. The van der Waals surface area contributed by atoms with E-state index in [-0.39, 0.29) is 0 Å². The van der Waals surface area contributed by atoms with E-state index in [1.165, 1.54) is 25.7 Å². The van der Waals surface area contributed by atoms with Gasteiger partial charge in [0.2, 0.25) is 0 Å². The van der Waals surface area contributed by atoms with Crippen molar-refractivity contribution < 1.29 is 9.90 Å². The van der Waals surface area contributed by atoms with E-state index in [0.29, 0.717) is 12.5 Å². The van der Waals surface area contributed by atoms with Crippen LogP contribution in [-0.2, 0) is 0 Å². The zero-order chi connectivity index (χ0) is 8.97. The van der Waals surface area contributed by atoms with Crippen LogP contribution in [0.2, 0.25) is 0 Å². The first kappa shape index (κ1) is 9.32. The lowest BCUT2D eigenvalue weighted by atomic mass is 10.0. The second-order valence-electron chi connectivity index (χ2n) is 3.42. The zero-order valence-electron chi connectivity index (χ0n) is 7.20. The Morgan fingerprint density at radius 2 is 2.08 bits per heavy atom. The Balaban J connectivity index is 2.11. The average molecular weight is 172 g/mol. The van der Waals surface area contributed by atoms with Crippen LogP contribution >= 0.6 is 0 Å². The highest BCUT2D eigenvalue weighted by Gasteiger charge is 2.16. The van der Waals surface area contributed by atoms with E-state index in [2.05, 4.69) is 0 Å². The maximum absolute atomic E-state index is 10.3. The maximum Gasteiger partial charge on any atom is 0.421 e. The van der Waals surface area contributed by atoms with Gasteiger partial charge < -0.3 is 5.11 Å². The quantitative estimate of drug-likeness (QED) is 0.384. The fourth-order valence-electron chi connectivity index (χ4n) is 1.72. The molecular weight excluding hydrogens is 156 g/mol. The van der Waals surface area contributed by atoms with Crippen molar-refractivity contribution >= 4 is 6.09 Å². The molecule has 0 saturated heterocycles. The fraction of sp³-hybridized carbons (Fsp3) is 0.875. The molecule has 4 nitrogen and oxygen atoms in total. The van der Waals surface area contributed by atoms with Crippen LogP contribution in [0.4, 0.5) is 4.79 Å². The first-order valence-electron chi connectivity index (χ1n) is 4.45. The van der Waals surface area contributed by atoms with Gasteiger partial charge in [-0.15, -0.1) is 0 Å². The standard InChI is InChI=1S/C8H16N2O2/c9-10(8(11)12)6-5-7-3-1-2-4-7/h7H,1-6,9H2,(H,11,12). The van der Waals surface area contributed by atoms with Crippen LogP contribution in [0.25, 0.3) is 0 Å². The van der Waals surface area contributed by atoms with Crippen LogP contribution in [0, 0.1) is 5.92 Å². The molecule has 0 aromatic heterocycles. The summed E-state index contributed by atoms with van der Waals surface area (Å²) in [5, 5.41) is 9.33. The summed E-state index contributed by atoms with van der Waals surface area (Å²) in [7, 11) is 0. The second-order valence-corrected chi connectivity index (χ2v) is 3.42. The molecule has 0 unspecified atom stereocenters. The Bertz CT molecular complexity index is 155. The number of nitrogens with zero attached hydrogens (tertiary/aromatic N) is 1. The smallest absolute Gasteiger partial charge is 0.421 e. The zero-order valence-corrected chi connectivity index (χ0v) is 7.20. The SMILES string of the molecule is NN(CCC1CCCC1)C(=O)O. The largest absolute Gasteiger partial charge is 0.464 e. The van der Waals surface area contributed by atoms with E-state index in [0.717, 1.165) is 11.4 Å². The number of nitrogens with two attached hydrogens (primary N) is 1. The normalized spacial score (nSPS) is 18.1. The molecule has 4 heteroatoms. The van der Waals surface area contributed by atoms with Crippen molar-refractivity contribution in [2.24, 2.45) is 11.8 Å². The minimum atomic E-state index is -1.03. The third-order valence-electron chi connectivity index (χ3n) is 2.50. The van der Waals surface area contributed by atoms with Gasteiger partial charge in [-0.3, -0.25) is 0 Å². The van der Waals surface area contributed by atoms with Crippen molar-refractivity contribution in [3.8, 4) is 0 Å². The predicted octanol–water partition coefficient (Wildman–Crippen LogP) is 1.42. The molecular formula is C8H16N2O2. The molecule has 1 aliphatic carbocycles. The maximum atomic E-state index is 10.3. The van der Waals surface area contributed by atoms with E-state index in [1.807, 2.05) is 0 Å². The predicted molar refractivity (Wildman–Crippen MR) is 45.5 cm³/mol. The van der Waals surface area contributed by atoms with Gasteiger partial charge in [0, 0.05) is 6.54 Å². The molecule has 1 rings (SSSR count). The summed E-state index contributed by atoms with van der Waals surface area (Å²) in [5.41, 5.74) is 0. The minimum absolute atomic E-state index is 0.472. The number of hydrogen-bond donors (Lipinski definition) is 2.